The molecule has 4 N–H and O–H groups in total. The molecule has 1 aliphatic heterocycles. The second-order valence-electron chi connectivity index (χ2n) is 5.16. The summed E-state index contributed by atoms with van der Waals surface area (Å²) in [4.78, 5) is 35.3. The monoisotopic (exact) mass is 287 g/mol. The predicted octanol–water partition coefficient (Wildman–Crippen LogP) is -0.304. The number of hydrogen-bond donors (Lipinski definition) is 4. The summed E-state index contributed by atoms with van der Waals surface area (Å²) in [5, 5.41) is 22.3. The Kier molecular flexibility index (Phi) is 5.75. The number of piperidine rings is 1. The Hall–Kier alpha value is -1.83. The molecule has 0 aliphatic carbocycles. The second kappa shape index (κ2) is 7.09. The summed E-state index contributed by atoms with van der Waals surface area (Å²) in [5.74, 6) is -2.63. The molecule has 0 aromatic rings. The van der Waals surface area contributed by atoms with E-state index in [4.69, 9.17) is 10.2 Å². The number of amides is 2. The standard InChI is InChI=1S/C12H21N3O5/c1-7-5-8(3-4-15(7)2)13-12(20)14-9(11(18)19)6-10(16)17/h7-9H,3-6H2,1-2H3,(H,16,17)(H,18,19)(H2,13,14,20)/t7?,8?,9-/m0/s1. The van der Waals surface area contributed by atoms with Crippen LogP contribution in [-0.4, -0.2) is 64.8 Å². The molecule has 1 heterocycles. The van der Waals surface area contributed by atoms with E-state index < -0.39 is 30.4 Å². The lowest BCUT2D eigenvalue weighted by atomic mass is 9.99. The van der Waals surface area contributed by atoms with Gasteiger partial charge >= 0.3 is 18.0 Å². The van der Waals surface area contributed by atoms with Crippen LogP contribution in [0.25, 0.3) is 0 Å². The molecule has 1 saturated heterocycles. The van der Waals surface area contributed by atoms with E-state index in [-0.39, 0.29) is 6.04 Å². The molecule has 0 aromatic heterocycles. The molecule has 3 atom stereocenters. The van der Waals surface area contributed by atoms with Crippen molar-refractivity contribution in [2.24, 2.45) is 0 Å². The smallest absolute Gasteiger partial charge is 0.326 e. The highest BCUT2D eigenvalue weighted by atomic mass is 16.4. The fourth-order valence-corrected chi connectivity index (χ4v) is 2.18. The summed E-state index contributed by atoms with van der Waals surface area (Å²) in [5.41, 5.74) is 0. The summed E-state index contributed by atoms with van der Waals surface area (Å²) >= 11 is 0. The number of nitrogens with zero attached hydrogens (tertiary/aromatic N) is 1. The van der Waals surface area contributed by atoms with Gasteiger partial charge in [-0.25, -0.2) is 9.59 Å². The third kappa shape index (κ3) is 5.04. The van der Waals surface area contributed by atoms with E-state index in [1.165, 1.54) is 0 Å². The summed E-state index contributed by atoms with van der Waals surface area (Å²) in [6.45, 7) is 2.90. The van der Waals surface area contributed by atoms with Gasteiger partial charge in [0.15, 0.2) is 0 Å². The lowest BCUT2D eigenvalue weighted by Gasteiger charge is -2.35. The van der Waals surface area contributed by atoms with E-state index in [0.29, 0.717) is 6.04 Å². The molecule has 2 unspecified atom stereocenters. The van der Waals surface area contributed by atoms with E-state index in [2.05, 4.69) is 22.5 Å². The Morgan fingerprint density at radius 2 is 2.00 bits per heavy atom. The Morgan fingerprint density at radius 1 is 1.35 bits per heavy atom. The lowest BCUT2D eigenvalue weighted by Crippen LogP contribution is -2.53. The molecule has 1 fully saturated rings. The average molecular weight is 287 g/mol. The van der Waals surface area contributed by atoms with Crippen LogP contribution in [-0.2, 0) is 9.59 Å². The normalized spacial score (nSPS) is 24.7. The van der Waals surface area contributed by atoms with Gasteiger partial charge in [-0.2, -0.15) is 0 Å². The molecular formula is C12H21N3O5. The van der Waals surface area contributed by atoms with E-state index in [1.54, 1.807) is 0 Å². The van der Waals surface area contributed by atoms with Crippen molar-refractivity contribution < 1.29 is 24.6 Å². The zero-order valence-corrected chi connectivity index (χ0v) is 11.6. The fraction of sp³-hybridized carbons (Fsp3) is 0.750. The molecule has 114 valence electrons. The Morgan fingerprint density at radius 3 is 2.50 bits per heavy atom. The number of carboxylic acid groups (broad SMARTS) is 2. The van der Waals surface area contributed by atoms with Crippen molar-refractivity contribution >= 4 is 18.0 Å². The molecule has 0 radical (unpaired) electrons. The number of carbonyl (C=O) groups excluding carboxylic acids is 1. The number of rotatable bonds is 5. The molecule has 2 amide bonds. The highest BCUT2D eigenvalue weighted by Gasteiger charge is 2.27. The molecular weight excluding hydrogens is 266 g/mol. The van der Waals surface area contributed by atoms with E-state index in [1.807, 2.05) is 7.05 Å². The van der Waals surface area contributed by atoms with Crippen molar-refractivity contribution in [1.82, 2.24) is 15.5 Å². The SMILES string of the molecule is CC1CC(NC(=O)N[C@@H](CC(=O)O)C(=O)O)CCN1C. The second-order valence-corrected chi connectivity index (χ2v) is 5.16. The number of urea groups is 1. The van der Waals surface area contributed by atoms with Crippen LogP contribution in [0.2, 0.25) is 0 Å². The van der Waals surface area contributed by atoms with Crippen LogP contribution in [0.1, 0.15) is 26.2 Å². The van der Waals surface area contributed by atoms with Crippen molar-refractivity contribution in [3.05, 3.63) is 0 Å². The van der Waals surface area contributed by atoms with Crippen LogP contribution < -0.4 is 10.6 Å². The number of hydrogen-bond acceptors (Lipinski definition) is 4. The largest absolute Gasteiger partial charge is 0.481 e. The minimum atomic E-state index is -1.42. The van der Waals surface area contributed by atoms with Gasteiger partial charge in [0.05, 0.1) is 6.42 Å². The third-order valence-electron chi connectivity index (χ3n) is 3.53. The molecule has 0 saturated carbocycles. The van der Waals surface area contributed by atoms with Gasteiger partial charge in [-0.05, 0) is 26.8 Å². The van der Waals surface area contributed by atoms with Crippen molar-refractivity contribution in [2.75, 3.05) is 13.6 Å². The molecule has 1 rings (SSSR count). The van der Waals surface area contributed by atoms with Gasteiger partial charge in [-0.3, -0.25) is 4.79 Å². The first-order valence-electron chi connectivity index (χ1n) is 6.51. The maximum absolute atomic E-state index is 11.7. The van der Waals surface area contributed by atoms with Crippen LogP contribution in [0.5, 0.6) is 0 Å². The molecule has 8 nitrogen and oxygen atoms in total. The van der Waals surface area contributed by atoms with Gasteiger partial charge in [0, 0.05) is 18.6 Å². The van der Waals surface area contributed by atoms with Gasteiger partial charge in [0.25, 0.3) is 0 Å². The summed E-state index contributed by atoms with van der Waals surface area (Å²) in [7, 11) is 2.01. The van der Waals surface area contributed by atoms with E-state index >= 15 is 0 Å². The number of carboxylic acids is 2. The lowest BCUT2D eigenvalue weighted by molar-refractivity contribution is -0.145. The van der Waals surface area contributed by atoms with Crippen molar-refractivity contribution in [3.63, 3.8) is 0 Å². The van der Waals surface area contributed by atoms with E-state index in [9.17, 15) is 14.4 Å². The quantitative estimate of drug-likeness (QED) is 0.551. The average Bonchev–Trinajstić information content (AvgIpc) is 2.32. The molecule has 0 spiro atoms. The summed E-state index contributed by atoms with van der Waals surface area (Å²) in [6, 6.07) is -1.75. The molecule has 0 aromatic carbocycles. The zero-order chi connectivity index (χ0) is 15.3. The Labute approximate surface area is 117 Å². The molecule has 8 heteroatoms. The Bertz CT molecular complexity index is 387. The molecule has 20 heavy (non-hydrogen) atoms. The first-order valence-corrected chi connectivity index (χ1v) is 6.51. The first kappa shape index (κ1) is 16.2. The maximum atomic E-state index is 11.7. The molecule has 1 aliphatic rings. The van der Waals surface area contributed by atoms with Crippen LogP contribution in [0, 0.1) is 0 Å². The topological polar surface area (TPSA) is 119 Å². The number of carbonyl (C=O) groups is 3. The van der Waals surface area contributed by atoms with Gasteiger partial charge < -0.3 is 25.7 Å². The summed E-state index contributed by atoms with van der Waals surface area (Å²) in [6.07, 6.45) is 0.915. The number of nitrogens with one attached hydrogen (secondary N) is 2. The van der Waals surface area contributed by atoms with Crippen molar-refractivity contribution in [3.8, 4) is 0 Å². The van der Waals surface area contributed by atoms with Gasteiger partial charge in [-0.1, -0.05) is 0 Å². The minimum absolute atomic E-state index is 0.0273. The number of aliphatic carboxylic acids is 2. The van der Waals surface area contributed by atoms with Gasteiger partial charge in [0.1, 0.15) is 6.04 Å². The Balaban J connectivity index is 2.45. The fourth-order valence-electron chi connectivity index (χ4n) is 2.18. The number of likely N-dealkylation sites (tertiary alicyclic amines) is 1. The van der Waals surface area contributed by atoms with Crippen LogP contribution in [0.15, 0.2) is 0 Å². The third-order valence-corrected chi connectivity index (χ3v) is 3.53. The minimum Gasteiger partial charge on any atom is -0.481 e. The maximum Gasteiger partial charge on any atom is 0.326 e. The predicted molar refractivity (Wildman–Crippen MR) is 70.5 cm³/mol. The molecule has 0 bridgehead atoms. The van der Waals surface area contributed by atoms with Gasteiger partial charge in [-0.15, -0.1) is 0 Å². The summed E-state index contributed by atoms with van der Waals surface area (Å²) < 4.78 is 0. The first-order chi connectivity index (χ1) is 9.29. The van der Waals surface area contributed by atoms with E-state index in [0.717, 1.165) is 19.4 Å². The highest BCUT2D eigenvalue weighted by Crippen LogP contribution is 2.15. The highest BCUT2D eigenvalue weighted by molar-refractivity contribution is 5.86. The van der Waals surface area contributed by atoms with Crippen LogP contribution >= 0.6 is 0 Å². The van der Waals surface area contributed by atoms with Crippen molar-refractivity contribution in [1.29, 1.82) is 0 Å². The van der Waals surface area contributed by atoms with Gasteiger partial charge in [0.2, 0.25) is 0 Å². The zero-order valence-electron chi connectivity index (χ0n) is 11.6. The van der Waals surface area contributed by atoms with Crippen LogP contribution in [0.4, 0.5) is 4.79 Å². The van der Waals surface area contributed by atoms with Crippen molar-refractivity contribution in [2.45, 2.75) is 44.3 Å². The van der Waals surface area contributed by atoms with Crippen LogP contribution in [0.3, 0.4) is 0 Å².